The Hall–Kier alpha value is -2.73. The third kappa shape index (κ3) is 5.45. The predicted octanol–water partition coefficient (Wildman–Crippen LogP) is 5.74. The van der Waals surface area contributed by atoms with Gasteiger partial charge in [-0.1, -0.05) is 38.1 Å². The summed E-state index contributed by atoms with van der Waals surface area (Å²) in [5.74, 6) is 1.64. The lowest BCUT2D eigenvalue weighted by atomic mass is 10.1. The number of amides is 1. The number of amidine groups is 1. The standard InChI is InChI=1S/C24H28N2O3S/c1-16(2)15-26-23(27)22(30-24(26)25-19-9-7-6-8-10-19)14-18-11-12-20(29-17(3)4)21(13-18)28-5/h6-14,16-17H,15H2,1-5H3/b22-14-,25-24?. The van der Waals surface area contributed by atoms with Gasteiger partial charge in [-0.25, -0.2) is 4.99 Å². The van der Waals surface area contributed by atoms with E-state index in [1.54, 1.807) is 12.0 Å². The van der Waals surface area contributed by atoms with Crippen LogP contribution < -0.4 is 9.47 Å². The molecule has 0 aromatic heterocycles. The summed E-state index contributed by atoms with van der Waals surface area (Å²) in [7, 11) is 1.61. The van der Waals surface area contributed by atoms with Crippen molar-refractivity contribution in [2.75, 3.05) is 13.7 Å². The van der Waals surface area contributed by atoms with Crippen LogP contribution in [0.15, 0.2) is 58.4 Å². The molecule has 0 unspecified atom stereocenters. The number of aliphatic imine (C=N–C) groups is 1. The van der Waals surface area contributed by atoms with Crippen molar-refractivity contribution in [2.24, 2.45) is 10.9 Å². The molecule has 0 atom stereocenters. The maximum Gasteiger partial charge on any atom is 0.266 e. The summed E-state index contributed by atoms with van der Waals surface area (Å²) in [6.45, 7) is 8.76. The molecule has 1 aliphatic heterocycles. The normalized spacial score (nSPS) is 16.9. The van der Waals surface area contributed by atoms with Crippen molar-refractivity contribution in [2.45, 2.75) is 33.8 Å². The van der Waals surface area contributed by atoms with Gasteiger partial charge in [0, 0.05) is 6.54 Å². The van der Waals surface area contributed by atoms with Crippen LogP contribution in [0.5, 0.6) is 11.5 Å². The van der Waals surface area contributed by atoms with E-state index in [9.17, 15) is 4.79 Å². The Balaban J connectivity index is 1.93. The minimum atomic E-state index is -0.0233. The number of ether oxygens (including phenoxy) is 2. The van der Waals surface area contributed by atoms with E-state index in [2.05, 4.69) is 13.8 Å². The van der Waals surface area contributed by atoms with Crippen molar-refractivity contribution >= 4 is 34.6 Å². The van der Waals surface area contributed by atoms with Crippen LogP contribution in [0.1, 0.15) is 33.3 Å². The fourth-order valence-electron chi connectivity index (χ4n) is 3.01. The average molecular weight is 425 g/mol. The lowest BCUT2D eigenvalue weighted by Gasteiger charge is -2.17. The monoisotopic (exact) mass is 424 g/mol. The number of methoxy groups -OCH3 is 1. The number of para-hydroxylation sites is 1. The molecule has 2 aromatic carbocycles. The number of nitrogens with zero attached hydrogens (tertiary/aromatic N) is 2. The summed E-state index contributed by atoms with van der Waals surface area (Å²) in [4.78, 5) is 20.2. The predicted molar refractivity (Wildman–Crippen MR) is 124 cm³/mol. The van der Waals surface area contributed by atoms with Gasteiger partial charge >= 0.3 is 0 Å². The minimum absolute atomic E-state index is 0.0233. The third-order valence-electron chi connectivity index (χ3n) is 4.26. The molecule has 2 aromatic rings. The molecule has 1 aliphatic rings. The van der Waals surface area contributed by atoms with Gasteiger partial charge in [-0.05, 0) is 67.4 Å². The van der Waals surface area contributed by atoms with Crippen LogP contribution >= 0.6 is 11.8 Å². The molecule has 1 heterocycles. The number of thioether (sulfide) groups is 1. The number of hydrogen-bond acceptors (Lipinski definition) is 5. The summed E-state index contributed by atoms with van der Waals surface area (Å²) in [5, 5.41) is 0.706. The molecular weight excluding hydrogens is 396 g/mol. The summed E-state index contributed by atoms with van der Waals surface area (Å²) < 4.78 is 11.3. The highest BCUT2D eigenvalue weighted by Crippen LogP contribution is 2.36. The maximum atomic E-state index is 13.1. The van der Waals surface area contributed by atoms with Crippen LogP contribution in [0.4, 0.5) is 5.69 Å². The molecule has 0 radical (unpaired) electrons. The van der Waals surface area contributed by atoms with Gasteiger partial charge in [-0.2, -0.15) is 0 Å². The van der Waals surface area contributed by atoms with Gasteiger partial charge in [-0.15, -0.1) is 0 Å². The van der Waals surface area contributed by atoms with E-state index in [-0.39, 0.29) is 12.0 Å². The lowest BCUT2D eigenvalue weighted by molar-refractivity contribution is -0.122. The highest BCUT2D eigenvalue weighted by atomic mass is 32.2. The lowest BCUT2D eigenvalue weighted by Crippen LogP contribution is -2.32. The fraction of sp³-hybridized carbons (Fsp3) is 0.333. The summed E-state index contributed by atoms with van der Waals surface area (Å²) in [6.07, 6.45) is 1.94. The molecule has 1 fully saturated rings. The Morgan fingerprint density at radius 2 is 1.80 bits per heavy atom. The number of hydrogen-bond donors (Lipinski definition) is 0. The van der Waals surface area contributed by atoms with Crippen LogP contribution in [-0.4, -0.2) is 35.7 Å². The Labute approximate surface area is 182 Å². The molecule has 0 bridgehead atoms. The first-order valence-corrected chi connectivity index (χ1v) is 10.9. The van der Waals surface area contributed by atoms with Crippen molar-refractivity contribution in [1.82, 2.24) is 4.90 Å². The fourth-order valence-corrected chi connectivity index (χ4v) is 4.02. The second-order valence-electron chi connectivity index (χ2n) is 7.73. The largest absolute Gasteiger partial charge is 0.493 e. The molecule has 3 rings (SSSR count). The Morgan fingerprint density at radius 1 is 1.07 bits per heavy atom. The minimum Gasteiger partial charge on any atom is -0.493 e. The zero-order valence-corrected chi connectivity index (χ0v) is 18.9. The molecule has 1 saturated heterocycles. The Morgan fingerprint density at radius 3 is 2.43 bits per heavy atom. The molecule has 30 heavy (non-hydrogen) atoms. The maximum absolute atomic E-state index is 13.1. The zero-order chi connectivity index (χ0) is 21.7. The number of carbonyl (C=O) groups is 1. The van der Waals surface area contributed by atoms with Gasteiger partial charge < -0.3 is 9.47 Å². The van der Waals surface area contributed by atoms with Crippen LogP contribution in [0.2, 0.25) is 0 Å². The van der Waals surface area contributed by atoms with Gasteiger partial charge in [0.1, 0.15) is 0 Å². The van der Waals surface area contributed by atoms with Crippen molar-refractivity contribution in [3.8, 4) is 11.5 Å². The molecular formula is C24H28N2O3S. The van der Waals surface area contributed by atoms with E-state index < -0.39 is 0 Å². The molecule has 0 aliphatic carbocycles. The number of carbonyl (C=O) groups excluding carboxylic acids is 1. The zero-order valence-electron chi connectivity index (χ0n) is 18.1. The number of rotatable bonds is 7. The van der Waals surface area contributed by atoms with E-state index in [1.807, 2.05) is 68.5 Å². The average Bonchev–Trinajstić information content (AvgIpc) is 2.98. The van der Waals surface area contributed by atoms with E-state index in [0.29, 0.717) is 34.0 Å². The van der Waals surface area contributed by atoms with Crippen LogP contribution in [0.3, 0.4) is 0 Å². The topological polar surface area (TPSA) is 51.1 Å². The smallest absolute Gasteiger partial charge is 0.266 e. The van der Waals surface area contributed by atoms with E-state index >= 15 is 0 Å². The van der Waals surface area contributed by atoms with Gasteiger partial charge in [-0.3, -0.25) is 9.69 Å². The summed E-state index contributed by atoms with van der Waals surface area (Å²) >= 11 is 1.40. The molecule has 0 spiro atoms. The quantitative estimate of drug-likeness (QED) is 0.532. The molecule has 158 valence electrons. The second-order valence-corrected chi connectivity index (χ2v) is 8.74. The molecule has 0 N–H and O–H groups in total. The first-order valence-electron chi connectivity index (χ1n) is 10.1. The van der Waals surface area contributed by atoms with E-state index in [4.69, 9.17) is 14.5 Å². The second kappa shape index (κ2) is 9.85. The van der Waals surface area contributed by atoms with Crippen LogP contribution in [-0.2, 0) is 4.79 Å². The molecule has 6 heteroatoms. The van der Waals surface area contributed by atoms with Crippen LogP contribution in [0.25, 0.3) is 6.08 Å². The van der Waals surface area contributed by atoms with Gasteiger partial charge in [0.05, 0.1) is 23.8 Å². The van der Waals surface area contributed by atoms with Crippen molar-refractivity contribution in [3.05, 3.63) is 59.0 Å². The van der Waals surface area contributed by atoms with Gasteiger partial charge in [0.2, 0.25) is 0 Å². The van der Waals surface area contributed by atoms with Crippen molar-refractivity contribution in [1.29, 1.82) is 0 Å². The first kappa shape index (κ1) is 22.0. The number of benzene rings is 2. The Kier molecular flexibility index (Phi) is 7.21. The van der Waals surface area contributed by atoms with Crippen molar-refractivity contribution < 1.29 is 14.3 Å². The summed E-state index contributed by atoms with van der Waals surface area (Å²) in [5.41, 5.74) is 1.71. The van der Waals surface area contributed by atoms with Crippen LogP contribution in [0, 0.1) is 5.92 Å². The molecule has 5 nitrogen and oxygen atoms in total. The molecule has 0 saturated carbocycles. The third-order valence-corrected chi connectivity index (χ3v) is 5.27. The van der Waals surface area contributed by atoms with Gasteiger partial charge in [0.15, 0.2) is 16.7 Å². The Bertz CT molecular complexity index is 952. The first-order chi connectivity index (χ1) is 14.4. The SMILES string of the molecule is COc1cc(/C=C2\SC(=Nc3ccccc3)N(CC(C)C)C2=O)ccc1OC(C)C. The molecule has 1 amide bonds. The summed E-state index contributed by atoms with van der Waals surface area (Å²) in [6, 6.07) is 15.4. The van der Waals surface area contributed by atoms with E-state index in [1.165, 1.54) is 11.8 Å². The van der Waals surface area contributed by atoms with E-state index in [0.717, 1.165) is 11.3 Å². The highest BCUT2D eigenvalue weighted by Gasteiger charge is 2.33. The highest BCUT2D eigenvalue weighted by molar-refractivity contribution is 8.18. The van der Waals surface area contributed by atoms with Gasteiger partial charge in [0.25, 0.3) is 5.91 Å². The van der Waals surface area contributed by atoms with Crippen molar-refractivity contribution in [3.63, 3.8) is 0 Å².